The molecule has 0 aliphatic heterocycles. The number of nitrogens with zero attached hydrogens (tertiary/aromatic N) is 1. The van der Waals surface area contributed by atoms with Crippen LogP contribution in [0.1, 0.15) is 25.0 Å². The topological polar surface area (TPSA) is 24.5 Å². The maximum atomic E-state index is 5.19. The molecule has 108 valence electrons. The summed E-state index contributed by atoms with van der Waals surface area (Å²) < 4.78 is 5.19. The summed E-state index contributed by atoms with van der Waals surface area (Å²) in [5.74, 6) is 0. The molecule has 0 fully saturated rings. The quantitative estimate of drug-likeness (QED) is 0.693. The van der Waals surface area contributed by atoms with Crippen molar-refractivity contribution in [2.45, 2.75) is 32.9 Å². The Bertz CT molecular complexity index is 337. The van der Waals surface area contributed by atoms with Crippen LogP contribution < -0.4 is 5.32 Å². The Morgan fingerprint density at radius 3 is 2.42 bits per heavy atom. The maximum Gasteiger partial charge on any atom is 0.0615 e. The smallest absolute Gasteiger partial charge is 0.0615 e. The Kier molecular flexibility index (Phi) is 7.72. The molecule has 1 aromatic rings. The summed E-state index contributed by atoms with van der Waals surface area (Å²) in [6, 6.07) is 9.39. The lowest BCUT2D eigenvalue weighted by molar-refractivity contribution is 0.112. The van der Waals surface area contributed by atoms with Crippen molar-refractivity contribution in [1.82, 2.24) is 10.2 Å². The predicted molar refractivity (Wildman–Crippen MR) is 81.5 cm³/mol. The molecule has 0 bridgehead atoms. The molecule has 0 amide bonds. The van der Waals surface area contributed by atoms with Gasteiger partial charge < -0.3 is 10.1 Å². The van der Waals surface area contributed by atoms with Gasteiger partial charge >= 0.3 is 0 Å². The summed E-state index contributed by atoms with van der Waals surface area (Å²) in [5, 5.41) is 3.35. The molecule has 0 aromatic heterocycles. The van der Waals surface area contributed by atoms with Gasteiger partial charge in [-0.3, -0.25) is 4.90 Å². The monoisotopic (exact) mass is 264 g/mol. The van der Waals surface area contributed by atoms with E-state index in [-0.39, 0.29) is 0 Å². The van der Waals surface area contributed by atoms with Crippen LogP contribution in [0.4, 0.5) is 0 Å². The summed E-state index contributed by atoms with van der Waals surface area (Å²) in [6.07, 6.45) is 1.10. The van der Waals surface area contributed by atoms with Crippen LogP contribution in [0, 0.1) is 0 Å². The lowest BCUT2D eigenvalue weighted by Gasteiger charge is -2.24. The fourth-order valence-corrected chi connectivity index (χ4v) is 2.03. The van der Waals surface area contributed by atoms with Crippen molar-refractivity contribution >= 4 is 0 Å². The van der Waals surface area contributed by atoms with Gasteiger partial charge in [-0.15, -0.1) is 0 Å². The van der Waals surface area contributed by atoms with Gasteiger partial charge in [0, 0.05) is 19.7 Å². The number of nitrogens with one attached hydrogen (secondary N) is 1. The number of rotatable bonds is 9. The molecule has 1 unspecified atom stereocenters. The van der Waals surface area contributed by atoms with Gasteiger partial charge in [-0.2, -0.15) is 0 Å². The van der Waals surface area contributed by atoms with Crippen LogP contribution in [0.5, 0.6) is 0 Å². The van der Waals surface area contributed by atoms with Crippen molar-refractivity contribution in [3.63, 3.8) is 0 Å². The highest BCUT2D eigenvalue weighted by Gasteiger charge is 2.08. The number of hydrogen-bond acceptors (Lipinski definition) is 3. The Balaban J connectivity index is 2.43. The Morgan fingerprint density at radius 1 is 1.21 bits per heavy atom. The molecule has 3 heteroatoms. The molecule has 19 heavy (non-hydrogen) atoms. The number of methoxy groups -OCH3 is 1. The van der Waals surface area contributed by atoms with Crippen LogP contribution >= 0.6 is 0 Å². The van der Waals surface area contributed by atoms with Crippen LogP contribution in [0.3, 0.4) is 0 Å². The second kappa shape index (κ2) is 9.08. The molecule has 1 aromatic carbocycles. The van der Waals surface area contributed by atoms with Crippen molar-refractivity contribution in [1.29, 1.82) is 0 Å². The third kappa shape index (κ3) is 6.19. The number of hydrogen-bond donors (Lipinski definition) is 1. The molecule has 1 rings (SSSR count). The van der Waals surface area contributed by atoms with Gasteiger partial charge in [0.1, 0.15) is 0 Å². The van der Waals surface area contributed by atoms with Crippen molar-refractivity contribution in [2.24, 2.45) is 0 Å². The first-order chi connectivity index (χ1) is 9.17. The zero-order valence-corrected chi connectivity index (χ0v) is 12.8. The van der Waals surface area contributed by atoms with Crippen molar-refractivity contribution in [2.75, 3.05) is 33.9 Å². The summed E-state index contributed by atoms with van der Waals surface area (Å²) in [4.78, 5) is 2.32. The molecule has 0 spiro atoms. The fraction of sp³-hybridized carbons (Fsp3) is 0.625. The molecule has 3 nitrogen and oxygen atoms in total. The van der Waals surface area contributed by atoms with Gasteiger partial charge in [-0.25, -0.2) is 0 Å². The highest BCUT2D eigenvalue weighted by Crippen LogP contribution is 2.09. The minimum absolute atomic E-state index is 0.443. The Morgan fingerprint density at radius 2 is 1.84 bits per heavy atom. The zero-order chi connectivity index (χ0) is 14.1. The zero-order valence-electron chi connectivity index (χ0n) is 12.8. The summed E-state index contributed by atoms with van der Waals surface area (Å²) in [5.41, 5.74) is 2.76. The highest BCUT2D eigenvalue weighted by molar-refractivity contribution is 5.22. The standard InChI is InChI=1S/C16H28N2O/c1-5-17-11-10-15-6-8-16(9-7-15)12-18(3)14(2)13-19-4/h6-9,14,17H,5,10-13H2,1-4H3. The van der Waals surface area contributed by atoms with E-state index < -0.39 is 0 Å². The molecular weight excluding hydrogens is 236 g/mol. The van der Waals surface area contributed by atoms with Gasteiger partial charge in [-0.05, 0) is 44.6 Å². The van der Waals surface area contributed by atoms with Crippen molar-refractivity contribution in [3.8, 4) is 0 Å². The van der Waals surface area contributed by atoms with Gasteiger partial charge in [-0.1, -0.05) is 31.2 Å². The van der Waals surface area contributed by atoms with Crippen molar-refractivity contribution in [3.05, 3.63) is 35.4 Å². The second-order valence-electron chi connectivity index (χ2n) is 5.14. The maximum absolute atomic E-state index is 5.19. The normalized spacial score (nSPS) is 12.9. The first-order valence-electron chi connectivity index (χ1n) is 7.15. The molecule has 0 heterocycles. The predicted octanol–water partition coefficient (Wildman–Crippen LogP) is 2.31. The van der Waals surface area contributed by atoms with E-state index in [4.69, 9.17) is 4.74 Å². The molecule has 0 radical (unpaired) electrons. The number of benzene rings is 1. The number of ether oxygens (including phenoxy) is 1. The molecular formula is C16H28N2O. The van der Waals surface area contributed by atoms with Crippen molar-refractivity contribution < 1.29 is 4.74 Å². The van der Waals surface area contributed by atoms with E-state index in [0.717, 1.165) is 32.7 Å². The van der Waals surface area contributed by atoms with E-state index in [0.29, 0.717) is 6.04 Å². The summed E-state index contributed by atoms with van der Waals surface area (Å²) in [6.45, 7) is 8.17. The average Bonchev–Trinajstić information content (AvgIpc) is 2.41. The van der Waals surface area contributed by atoms with Crippen LogP contribution in [0.15, 0.2) is 24.3 Å². The molecule has 0 saturated carbocycles. The molecule has 0 saturated heterocycles. The minimum Gasteiger partial charge on any atom is -0.383 e. The molecule has 0 aliphatic carbocycles. The molecule has 0 aliphatic rings. The largest absolute Gasteiger partial charge is 0.383 e. The second-order valence-corrected chi connectivity index (χ2v) is 5.14. The number of likely N-dealkylation sites (N-methyl/N-ethyl adjacent to an activating group) is 2. The first-order valence-corrected chi connectivity index (χ1v) is 7.15. The van der Waals surface area contributed by atoms with Crippen LogP contribution in [-0.2, 0) is 17.7 Å². The van der Waals surface area contributed by atoms with Crippen LogP contribution in [0.2, 0.25) is 0 Å². The van der Waals surface area contributed by atoms with Crippen LogP contribution in [0.25, 0.3) is 0 Å². The SMILES string of the molecule is CCNCCc1ccc(CN(C)C(C)COC)cc1. The third-order valence-corrected chi connectivity index (χ3v) is 3.46. The van der Waals surface area contributed by atoms with E-state index in [2.05, 4.69) is 55.4 Å². The average molecular weight is 264 g/mol. The van der Waals surface area contributed by atoms with E-state index in [1.807, 2.05) is 0 Å². The Hall–Kier alpha value is -0.900. The van der Waals surface area contributed by atoms with Gasteiger partial charge in [0.2, 0.25) is 0 Å². The Labute approximate surface area is 118 Å². The fourth-order valence-electron chi connectivity index (χ4n) is 2.03. The third-order valence-electron chi connectivity index (χ3n) is 3.46. The minimum atomic E-state index is 0.443. The first kappa shape index (κ1) is 16.2. The summed E-state index contributed by atoms with van der Waals surface area (Å²) >= 11 is 0. The van der Waals surface area contributed by atoms with E-state index in [9.17, 15) is 0 Å². The van der Waals surface area contributed by atoms with E-state index in [1.165, 1.54) is 11.1 Å². The van der Waals surface area contributed by atoms with Gasteiger partial charge in [0.25, 0.3) is 0 Å². The van der Waals surface area contributed by atoms with Gasteiger partial charge in [0.05, 0.1) is 6.61 Å². The summed E-state index contributed by atoms with van der Waals surface area (Å²) in [7, 11) is 3.90. The lowest BCUT2D eigenvalue weighted by Crippen LogP contribution is -2.32. The van der Waals surface area contributed by atoms with E-state index >= 15 is 0 Å². The van der Waals surface area contributed by atoms with E-state index in [1.54, 1.807) is 7.11 Å². The molecule has 1 N–H and O–H groups in total. The lowest BCUT2D eigenvalue weighted by atomic mass is 10.1. The highest BCUT2D eigenvalue weighted by atomic mass is 16.5. The molecule has 1 atom stereocenters. The van der Waals surface area contributed by atoms with Gasteiger partial charge in [0.15, 0.2) is 0 Å². The van der Waals surface area contributed by atoms with Crippen LogP contribution in [-0.4, -0.2) is 44.8 Å².